The lowest BCUT2D eigenvalue weighted by Crippen LogP contribution is -2.36. The highest BCUT2D eigenvalue weighted by molar-refractivity contribution is 6.07. The van der Waals surface area contributed by atoms with Crippen LogP contribution in [0.5, 0.6) is 0 Å². The van der Waals surface area contributed by atoms with Gasteiger partial charge >= 0.3 is 0 Å². The van der Waals surface area contributed by atoms with E-state index >= 15 is 0 Å². The molecule has 2 heterocycles. The van der Waals surface area contributed by atoms with Crippen LogP contribution in [0.2, 0.25) is 0 Å². The highest BCUT2D eigenvalue weighted by atomic mass is 16.5. The molecule has 25 heavy (non-hydrogen) atoms. The lowest BCUT2D eigenvalue weighted by molar-refractivity contribution is 0.101. The van der Waals surface area contributed by atoms with E-state index in [0.29, 0.717) is 18.9 Å². The topological polar surface area (TPSA) is 46.5 Å². The first kappa shape index (κ1) is 15.7. The third-order valence-corrected chi connectivity index (χ3v) is 4.69. The van der Waals surface area contributed by atoms with Gasteiger partial charge in [0.2, 0.25) is 0 Å². The number of anilines is 2. The van der Waals surface area contributed by atoms with E-state index in [2.05, 4.69) is 10.2 Å². The van der Waals surface area contributed by atoms with Crippen LogP contribution in [-0.2, 0) is 11.8 Å². The van der Waals surface area contributed by atoms with Crippen LogP contribution in [0, 0.1) is 0 Å². The summed E-state index contributed by atoms with van der Waals surface area (Å²) < 4.78 is 7.36. The molecule has 4 rings (SSSR count). The third kappa shape index (κ3) is 2.98. The number of morpholine rings is 1. The molecule has 1 saturated heterocycles. The standard InChI is InChI=1S/C20H21N3O2/c1-22-17-8-4-2-6-15(17)14-19(22)20(24)21-16-7-3-5-9-18(16)23-10-12-25-13-11-23/h2-9,14H,10-13H2,1H3,(H,21,24). The van der Waals surface area contributed by atoms with Crippen LogP contribution in [0.4, 0.5) is 11.4 Å². The molecule has 0 bridgehead atoms. The van der Waals surface area contributed by atoms with E-state index in [1.165, 1.54) is 0 Å². The Hall–Kier alpha value is -2.79. The summed E-state index contributed by atoms with van der Waals surface area (Å²) in [4.78, 5) is 15.1. The number of amides is 1. The predicted molar refractivity (Wildman–Crippen MR) is 100 cm³/mol. The van der Waals surface area contributed by atoms with Gasteiger partial charge in [-0.1, -0.05) is 30.3 Å². The van der Waals surface area contributed by atoms with Crippen molar-refractivity contribution < 1.29 is 9.53 Å². The monoisotopic (exact) mass is 335 g/mol. The maximum atomic E-state index is 12.9. The molecular formula is C20H21N3O2. The number of rotatable bonds is 3. The summed E-state index contributed by atoms with van der Waals surface area (Å²) in [7, 11) is 1.92. The Bertz CT molecular complexity index is 910. The summed E-state index contributed by atoms with van der Waals surface area (Å²) in [5, 5.41) is 4.15. The minimum absolute atomic E-state index is 0.0978. The average Bonchev–Trinajstić information content (AvgIpc) is 3.00. The minimum Gasteiger partial charge on any atom is -0.378 e. The summed E-state index contributed by atoms with van der Waals surface area (Å²) >= 11 is 0. The number of fused-ring (bicyclic) bond motifs is 1. The van der Waals surface area contributed by atoms with Crippen LogP contribution in [0.25, 0.3) is 10.9 Å². The second-order valence-corrected chi connectivity index (χ2v) is 6.22. The SMILES string of the molecule is Cn1c(C(=O)Nc2ccccc2N2CCOCC2)cc2ccccc21. The molecule has 5 heteroatoms. The van der Waals surface area contributed by atoms with E-state index in [0.717, 1.165) is 35.4 Å². The number of carbonyl (C=O) groups is 1. The summed E-state index contributed by atoms with van der Waals surface area (Å²) in [5.74, 6) is -0.0978. The molecular weight excluding hydrogens is 314 g/mol. The minimum atomic E-state index is -0.0978. The summed E-state index contributed by atoms with van der Waals surface area (Å²) in [6.45, 7) is 3.10. The predicted octanol–water partition coefficient (Wildman–Crippen LogP) is 3.27. The van der Waals surface area contributed by atoms with Crippen molar-refractivity contribution in [2.45, 2.75) is 0 Å². The molecule has 1 aromatic heterocycles. The van der Waals surface area contributed by atoms with Crippen molar-refractivity contribution in [2.75, 3.05) is 36.5 Å². The van der Waals surface area contributed by atoms with Crippen molar-refractivity contribution in [3.05, 3.63) is 60.3 Å². The molecule has 128 valence electrons. The van der Waals surface area contributed by atoms with Crippen molar-refractivity contribution in [2.24, 2.45) is 7.05 Å². The highest BCUT2D eigenvalue weighted by Gasteiger charge is 2.18. The zero-order valence-corrected chi connectivity index (χ0v) is 14.2. The molecule has 1 N–H and O–H groups in total. The Morgan fingerprint density at radius 2 is 1.76 bits per heavy atom. The lowest BCUT2D eigenvalue weighted by Gasteiger charge is -2.30. The number of carbonyl (C=O) groups excluding carboxylic acids is 1. The molecule has 1 fully saturated rings. The van der Waals surface area contributed by atoms with Crippen LogP contribution >= 0.6 is 0 Å². The van der Waals surface area contributed by atoms with E-state index in [1.807, 2.05) is 66.2 Å². The highest BCUT2D eigenvalue weighted by Crippen LogP contribution is 2.27. The molecule has 0 unspecified atom stereocenters. The number of nitrogens with zero attached hydrogens (tertiary/aromatic N) is 2. The normalized spacial score (nSPS) is 14.7. The van der Waals surface area contributed by atoms with Gasteiger partial charge in [0.25, 0.3) is 5.91 Å². The number of benzene rings is 2. The Balaban J connectivity index is 1.63. The van der Waals surface area contributed by atoms with Crippen molar-refractivity contribution in [3.63, 3.8) is 0 Å². The van der Waals surface area contributed by atoms with Gasteiger partial charge in [-0.3, -0.25) is 4.79 Å². The maximum Gasteiger partial charge on any atom is 0.272 e. The molecule has 1 aliphatic rings. The second-order valence-electron chi connectivity index (χ2n) is 6.22. The molecule has 1 amide bonds. The van der Waals surface area contributed by atoms with Crippen LogP contribution in [-0.4, -0.2) is 36.8 Å². The lowest BCUT2D eigenvalue weighted by atomic mass is 10.2. The van der Waals surface area contributed by atoms with Crippen molar-refractivity contribution in [1.82, 2.24) is 4.57 Å². The Morgan fingerprint density at radius 3 is 2.56 bits per heavy atom. The first-order valence-electron chi connectivity index (χ1n) is 8.51. The number of aryl methyl sites for hydroxylation is 1. The van der Waals surface area contributed by atoms with Crippen LogP contribution in [0.3, 0.4) is 0 Å². The Labute approximate surface area is 146 Å². The number of ether oxygens (including phenoxy) is 1. The smallest absolute Gasteiger partial charge is 0.272 e. The zero-order valence-electron chi connectivity index (χ0n) is 14.2. The van der Waals surface area contributed by atoms with Gasteiger partial charge in [0.05, 0.1) is 24.6 Å². The Morgan fingerprint density at radius 1 is 1.04 bits per heavy atom. The van der Waals surface area contributed by atoms with E-state index in [-0.39, 0.29) is 5.91 Å². The molecule has 0 atom stereocenters. The van der Waals surface area contributed by atoms with E-state index in [4.69, 9.17) is 4.74 Å². The quantitative estimate of drug-likeness (QED) is 0.799. The average molecular weight is 335 g/mol. The molecule has 2 aromatic carbocycles. The summed E-state index contributed by atoms with van der Waals surface area (Å²) in [5.41, 5.74) is 3.57. The summed E-state index contributed by atoms with van der Waals surface area (Å²) in [6.07, 6.45) is 0. The van der Waals surface area contributed by atoms with Gasteiger partial charge in [0, 0.05) is 31.0 Å². The number of nitrogens with one attached hydrogen (secondary N) is 1. The van der Waals surface area contributed by atoms with E-state index in [1.54, 1.807) is 0 Å². The number of hydrogen-bond donors (Lipinski definition) is 1. The van der Waals surface area contributed by atoms with Gasteiger partial charge in [-0.05, 0) is 24.3 Å². The van der Waals surface area contributed by atoms with Crippen molar-refractivity contribution in [3.8, 4) is 0 Å². The van der Waals surface area contributed by atoms with Gasteiger partial charge in [-0.15, -0.1) is 0 Å². The molecule has 0 spiro atoms. The molecule has 0 radical (unpaired) electrons. The molecule has 5 nitrogen and oxygen atoms in total. The van der Waals surface area contributed by atoms with Crippen molar-refractivity contribution >= 4 is 28.2 Å². The zero-order chi connectivity index (χ0) is 17.2. The van der Waals surface area contributed by atoms with Gasteiger partial charge in [-0.25, -0.2) is 0 Å². The van der Waals surface area contributed by atoms with E-state index in [9.17, 15) is 4.79 Å². The van der Waals surface area contributed by atoms with Crippen molar-refractivity contribution in [1.29, 1.82) is 0 Å². The second kappa shape index (κ2) is 6.61. The fraction of sp³-hybridized carbons (Fsp3) is 0.250. The van der Waals surface area contributed by atoms with Gasteiger partial charge in [0.1, 0.15) is 5.69 Å². The van der Waals surface area contributed by atoms with Crippen LogP contribution in [0.1, 0.15) is 10.5 Å². The van der Waals surface area contributed by atoms with Gasteiger partial charge < -0.3 is 19.5 Å². The molecule has 0 saturated carbocycles. The fourth-order valence-electron chi connectivity index (χ4n) is 3.35. The largest absolute Gasteiger partial charge is 0.378 e. The molecule has 3 aromatic rings. The van der Waals surface area contributed by atoms with Gasteiger partial charge in [0.15, 0.2) is 0 Å². The van der Waals surface area contributed by atoms with Gasteiger partial charge in [-0.2, -0.15) is 0 Å². The van der Waals surface area contributed by atoms with Crippen LogP contribution in [0.15, 0.2) is 54.6 Å². The maximum absolute atomic E-state index is 12.9. The third-order valence-electron chi connectivity index (χ3n) is 4.69. The fourth-order valence-corrected chi connectivity index (χ4v) is 3.35. The number of para-hydroxylation sites is 3. The molecule has 0 aliphatic carbocycles. The Kier molecular flexibility index (Phi) is 4.15. The first-order chi connectivity index (χ1) is 12.2. The number of aromatic nitrogens is 1. The van der Waals surface area contributed by atoms with E-state index < -0.39 is 0 Å². The number of hydrogen-bond acceptors (Lipinski definition) is 3. The molecule has 1 aliphatic heterocycles. The first-order valence-corrected chi connectivity index (χ1v) is 8.51. The van der Waals surface area contributed by atoms with Crippen LogP contribution < -0.4 is 10.2 Å². The summed E-state index contributed by atoms with van der Waals surface area (Å²) in [6, 6.07) is 17.9.